The van der Waals surface area contributed by atoms with Crippen molar-refractivity contribution < 1.29 is 22.5 Å². The van der Waals surface area contributed by atoms with E-state index in [9.17, 15) is 18.0 Å². The van der Waals surface area contributed by atoms with E-state index in [1.165, 1.54) is 19.2 Å². The fraction of sp³-hybridized carbons (Fsp3) is 0.357. The first kappa shape index (κ1) is 16.0. The second kappa shape index (κ2) is 6.17. The Bertz CT molecular complexity index is 650. The van der Waals surface area contributed by atoms with Crippen LogP contribution in [0.1, 0.15) is 22.6 Å². The van der Waals surface area contributed by atoms with Crippen LogP contribution >= 0.6 is 0 Å². The van der Waals surface area contributed by atoms with Crippen LogP contribution in [0.25, 0.3) is 11.5 Å². The Morgan fingerprint density at radius 3 is 2.41 bits per heavy atom. The third-order valence-electron chi connectivity index (χ3n) is 2.98. The van der Waals surface area contributed by atoms with Crippen LogP contribution in [0.3, 0.4) is 0 Å². The summed E-state index contributed by atoms with van der Waals surface area (Å²) in [5.41, 5.74) is 0.930. The number of carbonyl (C=O) groups is 1. The van der Waals surface area contributed by atoms with E-state index in [0.717, 1.165) is 4.90 Å². The molecule has 0 aliphatic heterocycles. The molecule has 0 bridgehead atoms. The molecule has 0 spiro atoms. The first-order chi connectivity index (χ1) is 10.3. The Morgan fingerprint density at radius 2 is 1.91 bits per heavy atom. The molecule has 8 heteroatoms. The van der Waals surface area contributed by atoms with Crippen molar-refractivity contribution in [2.45, 2.75) is 19.5 Å². The molecule has 0 radical (unpaired) electrons. The Hall–Kier alpha value is -2.38. The van der Waals surface area contributed by atoms with Crippen LogP contribution in [-0.4, -0.2) is 40.7 Å². The van der Waals surface area contributed by atoms with Gasteiger partial charge in [0, 0.05) is 24.7 Å². The van der Waals surface area contributed by atoms with Gasteiger partial charge in [-0.05, 0) is 31.2 Å². The van der Waals surface area contributed by atoms with Gasteiger partial charge in [-0.25, -0.2) is 0 Å². The molecule has 2 aromatic rings. The average molecular weight is 313 g/mol. The maximum absolute atomic E-state index is 12.2. The summed E-state index contributed by atoms with van der Waals surface area (Å²) in [5, 5.41) is 3.66. The maximum Gasteiger partial charge on any atom is 0.390 e. The minimum atomic E-state index is -4.28. The summed E-state index contributed by atoms with van der Waals surface area (Å²) < 4.78 is 41.5. The summed E-state index contributed by atoms with van der Waals surface area (Å²) >= 11 is 0. The fourth-order valence-corrected chi connectivity index (χ4v) is 1.79. The van der Waals surface area contributed by atoms with E-state index in [0.29, 0.717) is 22.8 Å². The molecule has 1 amide bonds. The summed E-state index contributed by atoms with van der Waals surface area (Å²) in [7, 11) is 1.34. The van der Waals surface area contributed by atoms with Gasteiger partial charge in [0.05, 0.1) is 6.42 Å². The van der Waals surface area contributed by atoms with Crippen LogP contribution < -0.4 is 0 Å². The van der Waals surface area contributed by atoms with Gasteiger partial charge < -0.3 is 9.42 Å². The number of amides is 1. The van der Waals surface area contributed by atoms with Crippen LogP contribution in [-0.2, 0) is 0 Å². The van der Waals surface area contributed by atoms with Crippen molar-refractivity contribution in [3.63, 3.8) is 0 Å². The average Bonchev–Trinajstić information content (AvgIpc) is 2.90. The van der Waals surface area contributed by atoms with Crippen molar-refractivity contribution in [3.05, 3.63) is 35.7 Å². The van der Waals surface area contributed by atoms with Gasteiger partial charge in [0.25, 0.3) is 11.8 Å². The zero-order valence-corrected chi connectivity index (χ0v) is 12.0. The van der Waals surface area contributed by atoms with Crippen LogP contribution in [0.2, 0.25) is 0 Å². The molecule has 2 rings (SSSR count). The molecule has 22 heavy (non-hydrogen) atoms. The van der Waals surface area contributed by atoms with E-state index in [-0.39, 0.29) is 6.54 Å². The molecular formula is C14H14F3N3O2. The predicted molar refractivity (Wildman–Crippen MR) is 72.1 cm³/mol. The van der Waals surface area contributed by atoms with Crippen LogP contribution in [0.4, 0.5) is 13.2 Å². The van der Waals surface area contributed by atoms with E-state index < -0.39 is 18.5 Å². The Balaban J connectivity index is 2.05. The number of aromatic nitrogens is 2. The van der Waals surface area contributed by atoms with Crippen LogP contribution in [0.15, 0.2) is 28.8 Å². The third-order valence-corrected chi connectivity index (χ3v) is 2.98. The van der Waals surface area contributed by atoms with E-state index in [4.69, 9.17) is 4.52 Å². The van der Waals surface area contributed by atoms with Gasteiger partial charge in [-0.3, -0.25) is 4.79 Å². The molecule has 0 unspecified atom stereocenters. The summed E-state index contributed by atoms with van der Waals surface area (Å²) in [6, 6.07) is 6.25. The smallest absolute Gasteiger partial charge is 0.341 e. The Kier molecular flexibility index (Phi) is 4.48. The summed E-state index contributed by atoms with van der Waals surface area (Å²) in [6.45, 7) is 1.30. The highest BCUT2D eigenvalue weighted by Crippen LogP contribution is 2.21. The lowest BCUT2D eigenvalue weighted by Gasteiger charge is -2.18. The molecule has 0 saturated carbocycles. The number of hydrogen-bond acceptors (Lipinski definition) is 4. The van der Waals surface area contributed by atoms with Gasteiger partial charge in [0.2, 0.25) is 0 Å². The van der Waals surface area contributed by atoms with E-state index in [1.54, 1.807) is 19.1 Å². The lowest BCUT2D eigenvalue weighted by atomic mass is 10.1. The molecule has 5 nitrogen and oxygen atoms in total. The topological polar surface area (TPSA) is 59.2 Å². The zero-order valence-electron chi connectivity index (χ0n) is 12.0. The second-order valence-corrected chi connectivity index (χ2v) is 4.82. The van der Waals surface area contributed by atoms with E-state index in [2.05, 4.69) is 10.1 Å². The molecule has 0 atom stereocenters. The van der Waals surface area contributed by atoms with Gasteiger partial charge in [0.1, 0.15) is 0 Å². The highest BCUT2D eigenvalue weighted by atomic mass is 19.4. The monoisotopic (exact) mass is 313 g/mol. The highest BCUT2D eigenvalue weighted by molar-refractivity contribution is 5.94. The SMILES string of the molecule is Cc1noc(-c2ccc(C(=O)N(C)CCC(F)(F)F)cc2)n1. The number of nitrogens with zero attached hydrogens (tertiary/aromatic N) is 3. The second-order valence-electron chi connectivity index (χ2n) is 4.82. The van der Waals surface area contributed by atoms with Gasteiger partial charge in [-0.15, -0.1) is 0 Å². The van der Waals surface area contributed by atoms with Crippen LogP contribution in [0.5, 0.6) is 0 Å². The molecule has 0 aliphatic carbocycles. The predicted octanol–water partition coefficient (Wildman–Crippen LogP) is 3.07. The first-order valence-electron chi connectivity index (χ1n) is 6.49. The maximum atomic E-state index is 12.2. The molecular weight excluding hydrogens is 299 g/mol. The molecule has 0 aliphatic rings. The van der Waals surface area contributed by atoms with Crippen molar-refractivity contribution in [2.24, 2.45) is 0 Å². The largest absolute Gasteiger partial charge is 0.390 e. The molecule has 1 aromatic heterocycles. The number of benzene rings is 1. The lowest BCUT2D eigenvalue weighted by Crippen LogP contribution is -2.30. The number of rotatable bonds is 4. The standard InChI is InChI=1S/C14H14F3N3O2/c1-9-18-12(22-19-9)10-3-5-11(6-4-10)13(21)20(2)8-7-14(15,16)17/h3-6H,7-8H2,1-2H3. The van der Waals surface area contributed by atoms with Gasteiger partial charge in [0.15, 0.2) is 5.82 Å². The number of halogens is 3. The van der Waals surface area contributed by atoms with Gasteiger partial charge in [-0.2, -0.15) is 18.2 Å². The minimum absolute atomic E-state index is 0.296. The van der Waals surface area contributed by atoms with Crippen molar-refractivity contribution in [1.82, 2.24) is 15.0 Å². The van der Waals surface area contributed by atoms with E-state index in [1.807, 2.05) is 0 Å². The van der Waals surface area contributed by atoms with Crippen molar-refractivity contribution in [1.29, 1.82) is 0 Å². The van der Waals surface area contributed by atoms with Crippen molar-refractivity contribution in [3.8, 4) is 11.5 Å². The molecule has 0 saturated heterocycles. The van der Waals surface area contributed by atoms with Gasteiger partial charge in [-0.1, -0.05) is 5.16 Å². The molecule has 0 fully saturated rings. The number of hydrogen-bond donors (Lipinski definition) is 0. The molecule has 1 heterocycles. The lowest BCUT2D eigenvalue weighted by molar-refractivity contribution is -0.136. The number of carbonyl (C=O) groups excluding carboxylic acids is 1. The fourth-order valence-electron chi connectivity index (χ4n) is 1.79. The third kappa shape index (κ3) is 4.06. The van der Waals surface area contributed by atoms with Crippen LogP contribution in [0, 0.1) is 6.92 Å². The minimum Gasteiger partial charge on any atom is -0.341 e. The Morgan fingerprint density at radius 1 is 1.27 bits per heavy atom. The van der Waals surface area contributed by atoms with E-state index >= 15 is 0 Å². The molecule has 1 aromatic carbocycles. The normalized spacial score (nSPS) is 11.5. The van der Waals surface area contributed by atoms with Gasteiger partial charge >= 0.3 is 6.18 Å². The molecule has 0 N–H and O–H groups in total. The highest BCUT2D eigenvalue weighted by Gasteiger charge is 2.28. The summed E-state index contributed by atoms with van der Waals surface area (Å²) in [4.78, 5) is 17.1. The first-order valence-corrected chi connectivity index (χ1v) is 6.49. The zero-order chi connectivity index (χ0) is 16.3. The quantitative estimate of drug-likeness (QED) is 0.870. The van der Waals surface area contributed by atoms with Crippen molar-refractivity contribution in [2.75, 3.05) is 13.6 Å². The summed E-state index contributed by atoms with van der Waals surface area (Å²) in [6.07, 6.45) is -5.32. The number of alkyl halides is 3. The van der Waals surface area contributed by atoms with Crippen molar-refractivity contribution >= 4 is 5.91 Å². The Labute approximate surface area is 124 Å². The molecule has 118 valence electrons. The number of aryl methyl sites for hydroxylation is 1. The summed E-state index contributed by atoms with van der Waals surface area (Å²) in [5.74, 6) is 0.335.